The summed E-state index contributed by atoms with van der Waals surface area (Å²) in [6.07, 6.45) is 0. The SMILES string of the molecule is COc1ccc(-c2csc(C)n2)cc1S(=O)(=O)N1CCN(c2ccc(C(C)=O)cc2)CC1. The molecule has 1 fully saturated rings. The van der Waals surface area contributed by atoms with Crippen LogP contribution in [0.3, 0.4) is 0 Å². The molecule has 0 atom stereocenters. The maximum atomic E-state index is 13.5. The van der Waals surface area contributed by atoms with E-state index in [9.17, 15) is 13.2 Å². The number of rotatable bonds is 6. The van der Waals surface area contributed by atoms with Gasteiger partial charge in [0.25, 0.3) is 0 Å². The summed E-state index contributed by atoms with van der Waals surface area (Å²) in [4.78, 5) is 18.2. The van der Waals surface area contributed by atoms with Gasteiger partial charge in [-0.25, -0.2) is 13.4 Å². The summed E-state index contributed by atoms with van der Waals surface area (Å²) in [6.45, 7) is 5.30. The van der Waals surface area contributed by atoms with E-state index in [1.54, 1.807) is 24.3 Å². The molecule has 1 aliphatic heterocycles. The molecule has 0 spiro atoms. The fraction of sp³-hybridized carbons (Fsp3) is 0.304. The van der Waals surface area contributed by atoms with Crippen LogP contribution in [0, 0.1) is 6.92 Å². The molecule has 0 saturated carbocycles. The summed E-state index contributed by atoms with van der Waals surface area (Å²) < 4.78 is 33.9. The molecule has 2 heterocycles. The van der Waals surface area contributed by atoms with Crippen molar-refractivity contribution in [1.82, 2.24) is 9.29 Å². The Kier molecular flexibility index (Phi) is 6.32. The first-order valence-corrected chi connectivity index (χ1v) is 12.6. The molecular formula is C23H25N3O4S2. The number of aryl methyl sites for hydroxylation is 1. The molecule has 32 heavy (non-hydrogen) atoms. The van der Waals surface area contributed by atoms with Crippen molar-refractivity contribution >= 4 is 32.8 Å². The molecule has 1 aromatic heterocycles. The number of hydrogen-bond acceptors (Lipinski definition) is 7. The van der Waals surface area contributed by atoms with Crippen LogP contribution < -0.4 is 9.64 Å². The number of Topliss-reactive ketones (excluding diaryl/α,β-unsaturated/α-hetero) is 1. The minimum atomic E-state index is -3.74. The van der Waals surface area contributed by atoms with E-state index in [0.29, 0.717) is 37.5 Å². The van der Waals surface area contributed by atoms with Crippen molar-refractivity contribution in [3.63, 3.8) is 0 Å². The molecule has 1 aliphatic rings. The molecule has 0 radical (unpaired) electrons. The van der Waals surface area contributed by atoms with Gasteiger partial charge < -0.3 is 9.64 Å². The normalized spacial score (nSPS) is 15.0. The monoisotopic (exact) mass is 471 g/mol. The second-order valence-corrected chi connectivity index (χ2v) is 10.6. The number of methoxy groups -OCH3 is 1. The van der Waals surface area contributed by atoms with E-state index in [1.807, 2.05) is 30.5 Å². The number of sulfonamides is 1. The zero-order valence-corrected chi connectivity index (χ0v) is 19.9. The number of piperazine rings is 1. The summed E-state index contributed by atoms with van der Waals surface area (Å²) in [5.74, 6) is 0.347. The summed E-state index contributed by atoms with van der Waals surface area (Å²) in [5, 5.41) is 2.84. The Hall–Kier alpha value is -2.75. The van der Waals surface area contributed by atoms with Crippen molar-refractivity contribution in [1.29, 1.82) is 0 Å². The van der Waals surface area contributed by atoms with Crippen molar-refractivity contribution in [2.45, 2.75) is 18.7 Å². The van der Waals surface area contributed by atoms with Crippen molar-refractivity contribution in [2.24, 2.45) is 0 Å². The van der Waals surface area contributed by atoms with Gasteiger partial charge in [-0.15, -0.1) is 11.3 Å². The van der Waals surface area contributed by atoms with Gasteiger partial charge in [0.15, 0.2) is 5.78 Å². The predicted molar refractivity (Wildman–Crippen MR) is 126 cm³/mol. The highest BCUT2D eigenvalue weighted by Gasteiger charge is 2.31. The standard InChI is InChI=1S/C23H25N3O4S2/c1-16(27)18-4-7-20(8-5-18)25-10-12-26(13-11-25)32(28,29)23-14-19(6-9-22(23)30-3)21-15-31-17(2)24-21/h4-9,14-15H,10-13H2,1-3H3. The molecule has 168 valence electrons. The lowest BCUT2D eigenvalue weighted by Crippen LogP contribution is -2.48. The molecular weight excluding hydrogens is 446 g/mol. The number of anilines is 1. The zero-order valence-electron chi connectivity index (χ0n) is 18.2. The van der Waals surface area contributed by atoms with Gasteiger partial charge in [0.2, 0.25) is 10.0 Å². The predicted octanol–water partition coefficient (Wildman–Crippen LogP) is 3.84. The maximum absolute atomic E-state index is 13.5. The first kappa shape index (κ1) is 22.4. The van der Waals surface area contributed by atoms with E-state index in [4.69, 9.17) is 4.74 Å². The lowest BCUT2D eigenvalue weighted by Gasteiger charge is -2.35. The smallest absolute Gasteiger partial charge is 0.246 e. The molecule has 2 aromatic carbocycles. The Morgan fingerprint density at radius 2 is 1.75 bits per heavy atom. The molecule has 7 nitrogen and oxygen atoms in total. The van der Waals surface area contributed by atoms with Gasteiger partial charge in [0, 0.05) is 48.4 Å². The van der Waals surface area contributed by atoms with Gasteiger partial charge in [0.1, 0.15) is 10.6 Å². The summed E-state index contributed by atoms with van der Waals surface area (Å²) in [6, 6.07) is 12.6. The minimum Gasteiger partial charge on any atom is -0.495 e. The molecule has 0 bridgehead atoms. The number of ether oxygens (including phenoxy) is 1. The van der Waals surface area contributed by atoms with E-state index in [0.717, 1.165) is 22.0 Å². The van der Waals surface area contributed by atoms with Crippen LogP contribution in [0.1, 0.15) is 22.3 Å². The van der Waals surface area contributed by atoms with Crippen LogP contribution in [0.2, 0.25) is 0 Å². The highest BCUT2D eigenvalue weighted by atomic mass is 32.2. The van der Waals surface area contributed by atoms with Gasteiger partial charge in [-0.05, 0) is 56.3 Å². The van der Waals surface area contributed by atoms with Crippen LogP contribution in [0.5, 0.6) is 5.75 Å². The highest BCUT2D eigenvalue weighted by Crippen LogP contribution is 2.33. The number of carbonyl (C=O) groups excluding carboxylic acids is 1. The second-order valence-electron chi connectivity index (χ2n) is 7.61. The average molecular weight is 472 g/mol. The van der Waals surface area contributed by atoms with Crippen LogP contribution in [0.4, 0.5) is 5.69 Å². The third-order valence-corrected chi connectivity index (χ3v) is 8.27. The van der Waals surface area contributed by atoms with E-state index in [1.165, 1.54) is 29.7 Å². The molecule has 0 unspecified atom stereocenters. The highest BCUT2D eigenvalue weighted by molar-refractivity contribution is 7.89. The Labute approximate surface area is 192 Å². The van der Waals surface area contributed by atoms with Crippen molar-refractivity contribution in [2.75, 3.05) is 38.2 Å². The summed E-state index contributed by atoms with van der Waals surface area (Å²) in [7, 11) is -2.26. The van der Waals surface area contributed by atoms with E-state index < -0.39 is 10.0 Å². The van der Waals surface area contributed by atoms with Gasteiger partial charge in [-0.1, -0.05) is 0 Å². The van der Waals surface area contributed by atoms with Gasteiger partial charge >= 0.3 is 0 Å². The average Bonchev–Trinajstić information content (AvgIpc) is 3.25. The van der Waals surface area contributed by atoms with Crippen LogP contribution in [0.25, 0.3) is 11.3 Å². The number of nitrogens with zero attached hydrogens (tertiary/aromatic N) is 3. The maximum Gasteiger partial charge on any atom is 0.246 e. The first-order chi connectivity index (χ1) is 15.3. The lowest BCUT2D eigenvalue weighted by molar-refractivity contribution is 0.101. The van der Waals surface area contributed by atoms with E-state index in [2.05, 4.69) is 9.88 Å². The number of carbonyl (C=O) groups is 1. The largest absolute Gasteiger partial charge is 0.495 e. The molecule has 0 aliphatic carbocycles. The van der Waals surface area contributed by atoms with Crippen LogP contribution in [0.15, 0.2) is 52.7 Å². The minimum absolute atomic E-state index is 0.0245. The van der Waals surface area contributed by atoms with E-state index >= 15 is 0 Å². The Balaban J connectivity index is 1.55. The molecule has 0 amide bonds. The van der Waals surface area contributed by atoms with Crippen LogP contribution in [-0.2, 0) is 10.0 Å². The van der Waals surface area contributed by atoms with Gasteiger partial charge in [-0.2, -0.15) is 4.31 Å². The second kappa shape index (κ2) is 9.01. The number of aromatic nitrogens is 1. The topological polar surface area (TPSA) is 79.8 Å². The molecule has 3 aromatic rings. The number of ketones is 1. The third-order valence-electron chi connectivity index (χ3n) is 5.57. The molecule has 1 saturated heterocycles. The number of benzene rings is 2. The van der Waals surface area contributed by atoms with Gasteiger partial charge in [0.05, 0.1) is 17.8 Å². The fourth-order valence-electron chi connectivity index (χ4n) is 3.77. The number of hydrogen-bond donors (Lipinski definition) is 0. The summed E-state index contributed by atoms with van der Waals surface area (Å²) in [5.41, 5.74) is 3.14. The number of thiazole rings is 1. The third kappa shape index (κ3) is 4.41. The first-order valence-electron chi connectivity index (χ1n) is 10.3. The fourth-order valence-corrected chi connectivity index (χ4v) is 5.99. The Bertz CT molecular complexity index is 1230. The van der Waals surface area contributed by atoms with Crippen molar-refractivity contribution in [3.8, 4) is 17.0 Å². The van der Waals surface area contributed by atoms with Crippen molar-refractivity contribution < 1.29 is 17.9 Å². The van der Waals surface area contributed by atoms with Crippen LogP contribution in [-0.4, -0.2) is 56.8 Å². The van der Waals surface area contributed by atoms with Crippen molar-refractivity contribution in [3.05, 3.63) is 58.4 Å². The zero-order chi connectivity index (χ0) is 22.9. The Morgan fingerprint density at radius 3 is 2.31 bits per heavy atom. The van der Waals surface area contributed by atoms with Gasteiger partial charge in [-0.3, -0.25) is 4.79 Å². The summed E-state index contributed by atoms with van der Waals surface area (Å²) >= 11 is 1.52. The molecule has 0 N–H and O–H groups in total. The van der Waals surface area contributed by atoms with Crippen LogP contribution >= 0.6 is 11.3 Å². The quantitative estimate of drug-likeness (QED) is 0.508. The lowest BCUT2D eigenvalue weighted by atomic mass is 10.1. The molecule has 9 heteroatoms. The van der Waals surface area contributed by atoms with E-state index in [-0.39, 0.29) is 10.7 Å². The Morgan fingerprint density at radius 1 is 1.06 bits per heavy atom. The molecule has 4 rings (SSSR count).